The predicted molar refractivity (Wildman–Crippen MR) is 85.4 cm³/mol. The van der Waals surface area contributed by atoms with E-state index in [0.717, 1.165) is 26.2 Å². The number of carbonyl (C=O) groups is 1. The average Bonchev–Trinajstić information content (AvgIpc) is 2.73. The summed E-state index contributed by atoms with van der Waals surface area (Å²) in [6.07, 6.45) is 0.511. The number of hydrogen-bond acceptors (Lipinski definition) is 2. The molecule has 1 aliphatic heterocycles. The minimum Gasteiger partial charge on any atom is -0.348 e. The van der Waals surface area contributed by atoms with Gasteiger partial charge in [0.1, 0.15) is 0 Å². The van der Waals surface area contributed by atoms with E-state index < -0.39 is 0 Å². The highest BCUT2D eigenvalue weighted by Crippen LogP contribution is 2.25. The summed E-state index contributed by atoms with van der Waals surface area (Å²) < 4.78 is 2.18. The van der Waals surface area contributed by atoms with E-state index in [1.54, 1.807) is 0 Å². The Morgan fingerprint density at radius 3 is 2.48 bits per heavy atom. The molecule has 1 amide bonds. The molecule has 0 N–H and O–H groups in total. The SMILES string of the molecule is Cc1c(CC(=O)N2CCN(C)CC2)c2ccccc2n1C. The molecule has 4 heteroatoms. The monoisotopic (exact) mass is 285 g/mol. The first-order valence-electron chi connectivity index (χ1n) is 7.57. The van der Waals surface area contributed by atoms with Crippen molar-refractivity contribution in [1.29, 1.82) is 0 Å². The second-order valence-corrected chi connectivity index (χ2v) is 6.00. The normalized spacial score (nSPS) is 16.6. The Bertz CT molecular complexity index is 666. The van der Waals surface area contributed by atoms with Crippen LogP contribution in [0.25, 0.3) is 10.9 Å². The van der Waals surface area contributed by atoms with Crippen LogP contribution in [0.2, 0.25) is 0 Å². The molecule has 4 nitrogen and oxygen atoms in total. The number of aromatic nitrogens is 1. The smallest absolute Gasteiger partial charge is 0.227 e. The third kappa shape index (κ3) is 2.56. The first-order chi connectivity index (χ1) is 10.1. The quantitative estimate of drug-likeness (QED) is 0.842. The molecule has 1 saturated heterocycles. The van der Waals surface area contributed by atoms with E-state index in [0.29, 0.717) is 6.42 Å². The van der Waals surface area contributed by atoms with Gasteiger partial charge in [0.05, 0.1) is 6.42 Å². The first-order valence-corrected chi connectivity index (χ1v) is 7.57. The molecular weight excluding hydrogens is 262 g/mol. The number of amides is 1. The zero-order valence-corrected chi connectivity index (χ0v) is 13.1. The van der Waals surface area contributed by atoms with E-state index in [-0.39, 0.29) is 5.91 Å². The minimum absolute atomic E-state index is 0.252. The summed E-state index contributed by atoms with van der Waals surface area (Å²) in [7, 11) is 4.18. The number of para-hydroxylation sites is 1. The molecule has 1 fully saturated rings. The van der Waals surface area contributed by atoms with Crippen molar-refractivity contribution in [2.24, 2.45) is 7.05 Å². The Hall–Kier alpha value is -1.81. The fraction of sp³-hybridized carbons (Fsp3) is 0.471. The topological polar surface area (TPSA) is 28.5 Å². The second kappa shape index (κ2) is 5.53. The highest BCUT2D eigenvalue weighted by Gasteiger charge is 2.21. The number of piperazine rings is 1. The number of aryl methyl sites for hydroxylation is 1. The average molecular weight is 285 g/mol. The maximum atomic E-state index is 12.6. The molecule has 3 rings (SSSR count). The molecule has 112 valence electrons. The van der Waals surface area contributed by atoms with Crippen LogP contribution in [0.1, 0.15) is 11.3 Å². The Kier molecular flexibility index (Phi) is 3.72. The van der Waals surface area contributed by atoms with E-state index in [1.165, 1.54) is 22.2 Å². The molecule has 1 aromatic heterocycles. The number of likely N-dealkylation sites (N-methyl/N-ethyl adjacent to an activating group) is 1. The van der Waals surface area contributed by atoms with Gasteiger partial charge in [-0.25, -0.2) is 0 Å². The zero-order valence-electron chi connectivity index (χ0n) is 13.1. The molecule has 2 heterocycles. The molecule has 0 unspecified atom stereocenters. The highest BCUT2D eigenvalue weighted by molar-refractivity contribution is 5.90. The molecule has 2 aromatic rings. The van der Waals surface area contributed by atoms with Gasteiger partial charge in [-0.3, -0.25) is 4.79 Å². The van der Waals surface area contributed by atoms with Crippen molar-refractivity contribution in [3.8, 4) is 0 Å². The summed E-state index contributed by atoms with van der Waals surface area (Å²) in [5.74, 6) is 0.252. The molecule has 0 atom stereocenters. The number of benzene rings is 1. The van der Waals surface area contributed by atoms with Crippen molar-refractivity contribution >= 4 is 16.8 Å². The van der Waals surface area contributed by atoms with E-state index >= 15 is 0 Å². The van der Waals surface area contributed by atoms with Crippen LogP contribution in [0.15, 0.2) is 24.3 Å². The van der Waals surface area contributed by atoms with Crippen molar-refractivity contribution in [2.45, 2.75) is 13.3 Å². The van der Waals surface area contributed by atoms with Crippen molar-refractivity contribution in [3.05, 3.63) is 35.5 Å². The van der Waals surface area contributed by atoms with Crippen molar-refractivity contribution in [2.75, 3.05) is 33.2 Å². The van der Waals surface area contributed by atoms with Crippen molar-refractivity contribution in [1.82, 2.24) is 14.4 Å². The van der Waals surface area contributed by atoms with Crippen molar-refractivity contribution in [3.63, 3.8) is 0 Å². The van der Waals surface area contributed by atoms with Gasteiger partial charge < -0.3 is 14.4 Å². The molecule has 21 heavy (non-hydrogen) atoms. The standard InChI is InChI=1S/C17H23N3O/c1-13-15(14-6-4-5-7-16(14)19(13)3)12-17(21)20-10-8-18(2)9-11-20/h4-7H,8-12H2,1-3H3. The zero-order chi connectivity index (χ0) is 15.0. The van der Waals surface area contributed by atoms with E-state index in [1.807, 2.05) is 17.0 Å². The van der Waals surface area contributed by atoms with Crippen LogP contribution in [-0.4, -0.2) is 53.5 Å². The third-order valence-electron chi connectivity index (χ3n) is 4.71. The van der Waals surface area contributed by atoms with Gasteiger partial charge in [0, 0.05) is 49.8 Å². The molecule has 1 aliphatic rings. The third-order valence-corrected chi connectivity index (χ3v) is 4.71. The minimum atomic E-state index is 0.252. The number of hydrogen-bond donors (Lipinski definition) is 0. The summed E-state index contributed by atoms with van der Waals surface area (Å²) in [5, 5.41) is 1.21. The molecule has 0 aliphatic carbocycles. The number of fused-ring (bicyclic) bond motifs is 1. The van der Waals surface area contributed by atoms with Crippen molar-refractivity contribution < 1.29 is 4.79 Å². The first kappa shape index (κ1) is 14.1. The van der Waals surface area contributed by atoms with Crippen LogP contribution >= 0.6 is 0 Å². The molecule has 0 spiro atoms. The van der Waals surface area contributed by atoms with Crippen LogP contribution in [0.3, 0.4) is 0 Å². The van der Waals surface area contributed by atoms with Crippen LogP contribution in [0.4, 0.5) is 0 Å². The lowest BCUT2D eigenvalue weighted by Gasteiger charge is -2.32. The van der Waals surface area contributed by atoms with Gasteiger partial charge in [0.25, 0.3) is 0 Å². The van der Waals surface area contributed by atoms with Gasteiger partial charge in [0.2, 0.25) is 5.91 Å². The summed E-state index contributed by atoms with van der Waals surface area (Å²) in [5.41, 5.74) is 3.58. The maximum Gasteiger partial charge on any atom is 0.227 e. The van der Waals surface area contributed by atoms with Crippen LogP contribution < -0.4 is 0 Å². The fourth-order valence-corrected chi connectivity index (χ4v) is 3.14. The molecule has 0 radical (unpaired) electrons. The summed E-state index contributed by atoms with van der Waals surface area (Å²) in [6, 6.07) is 8.33. The highest BCUT2D eigenvalue weighted by atomic mass is 16.2. The molecule has 0 saturated carbocycles. The van der Waals surface area contributed by atoms with Gasteiger partial charge in [-0.15, -0.1) is 0 Å². The number of carbonyl (C=O) groups excluding carboxylic acids is 1. The number of rotatable bonds is 2. The van der Waals surface area contributed by atoms with E-state index in [4.69, 9.17) is 0 Å². The number of nitrogens with zero attached hydrogens (tertiary/aromatic N) is 3. The maximum absolute atomic E-state index is 12.6. The van der Waals surface area contributed by atoms with Crippen LogP contribution in [0.5, 0.6) is 0 Å². The molecule has 1 aromatic carbocycles. The Morgan fingerprint density at radius 2 is 1.76 bits per heavy atom. The van der Waals surface area contributed by atoms with Gasteiger partial charge >= 0.3 is 0 Å². The second-order valence-electron chi connectivity index (χ2n) is 6.00. The molecular formula is C17H23N3O. The van der Waals surface area contributed by atoms with Gasteiger partial charge in [-0.05, 0) is 25.6 Å². The van der Waals surface area contributed by atoms with Crippen LogP contribution in [0, 0.1) is 6.92 Å². The lowest BCUT2D eigenvalue weighted by molar-refractivity contribution is -0.132. The Balaban J connectivity index is 1.85. The van der Waals surface area contributed by atoms with Gasteiger partial charge in [-0.1, -0.05) is 18.2 Å². The van der Waals surface area contributed by atoms with E-state index in [9.17, 15) is 4.79 Å². The van der Waals surface area contributed by atoms with E-state index in [2.05, 4.69) is 42.6 Å². The lowest BCUT2D eigenvalue weighted by Crippen LogP contribution is -2.47. The molecule has 0 bridgehead atoms. The largest absolute Gasteiger partial charge is 0.348 e. The fourth-order valence-electron chi connectivity index (χ4n) is 3.14. The van der Waals surface area contributed by atoms with Gasteiger partial charge in [0.15, 0.2) is 0 Å². The Labute approximate surface area is 125 Å². The summed E-state index contributed by atoms with van der Waals surface area (Å²) in [4.78, 5) is 16.8. The lowest BCUT2D eigenvalue weighted by atomic mass is 10.1. The summed E-state index contributed by atoms with van der Waals surface area (Å²) >= 11 is 0. The predicted octanol–water partition coefficient (Wildman–Crippen LogP) is 1.80. The van der Waals surface area contributed by atoms with Crippen LogP contribution in [-0.2, 0) is 18.3 Å². The summed E-state index contributed by atoms with van der Waals surface area (Å²) in [6.45, 7) is 5.74. The van der Waals surface area contributed by atoms with Gasteiger partial charge in [-0.2, -0.15) is 0 Å². The Morgan fingerprint density at radius 1 is 1.10 bits per heavy atom.